The first kappa shape index (κ1) is 15.2. The van der Waals surface area contributed by atoms with Crippen LogP contribution in [0.3, 0.4) is 0 Å². The van der Waals surface area contributed by atoms with Crippen LogP contribution < -0.4 is 4.74 Å². The summed E-state index contributed by atoms with van der Waals surface area (Å²) >= 11 is 3.32. The number of hydrogen-bond donors (Lipinski definition) is 1. The molecule has 0 bridgehead atoms. The van der Waals surface area contributed by atoms with Gasteiger partial charge in [-0.25, -0.2) is 0 Å². The maximum absolute atomic E-state index is 12.2. The van der Waals surface area contributed by atoms with Gasteiger partial charge in [0.25, 0.3) is 11.8 Å². The monoisotopic (exact) mass is 375 g/mol. The lowest BCUT2D eigenvalue weighted by Crippen LogP contribution is -2.34. The Kier molecular flexibility index (Phi) is 3.87. The van der Waals surface area contributed by atoms with E-state index in [2.05, 4.69) is 15.9 Å². The first-order valence-corrected chi connectivity index (χ1v) is 7.40. The molecule has 0 atom stereocenters. The summed E-state index contributed by atoms with van der Waals surface area (Å²) in [5, 5.41) is 8.79. The van der Waals surface area contributed by atoms with Crippen molar-refractivity contribution in [3.8, 4) is 11.5 Å². The van der Waals surface area contributed by atoms with Crippen molar-refractivity contribution in [3.05, 3.63) is 58.1 Å². The SMILES string of the molecule is O=C(O)CN1C(=O)c2ccc(Oc3ccc(Br)cc3)cc2C1=O. The van der Waals surface area contributed by atoms with E-state index in [9.17, 15) is 14.4 Å². The minimum atomic E-state index is -1.24. The summed E-state index contributed by atoms with van der Waals surface area (Å²) in [6, 6.07) is 11.6. The predicted molar refractivity (Wildman–Crippen MR) is 83.7 cm³/mol. The molecule has 23 heavy (non-hydrogen) atoms. The molecule has 116 valence electrons. The lowest BCUT2D eigenvalue weighted by molar-refractivity contribution is -0.137. The minimum Gasteiger partial charge on any atom is -0.480 e. The molecular formula is C16H10BrNO5. The molecule has 6 nitrogen and oxygen atoms in total. The number of hydrogen-bond acceptors (Lipinski definition) is 4. The highest BCUT2D eigenvalue weighted by Crippen LogP contribution is 2.29. The lowest BCUT2D eigenvalue weighted by atomic mass is 10.1. The first-order valence-electron chi connectivity index (χ1n) is 6.61. The van der Waals surface area contributed by atoms with Gasteiger partial charge in [0.1, 0.15) is 18.0 Å². The zero-order valence-electron chi connectivity index (χ0n) is 11.7. The van der Waals surface area contributed by atoms with E-state index in [-0.39, 0.29) is 11.1 Å². The summed E-state index contributed by atoms with van der Waals surface area (Å²) < 4.78 is 6.55. The second-order valence-corrected chi connectivity index (χ2v) is 5.77. The van der Waals surface area contributed by atoms with Crippen LogP contribution in [0, 0.1) is 0 Å². The van der Waals surface area contributed by atoms with E-state index in [0.717, 1.165) is 4.47 Å². The van der Waals surface area contributed by atoms with Crippen LogP contribution in [0.1, 0.15) is 20.7 Å². The second-order valence-electron chi connectivity index (χ2n) is 4.85. The quantitative estimate of drug-likeness (QED) is 0.830. The molecular weight excluding hydrogens is 366 g/mol. The molecule has 2 aromatic rings. The van der Waals surface area contributed by atoms with Gasteiger partial charge in [0, 0.05) is 4.47 Å². The van der Waals surface area contributed by atoms with Crippen LogP contribution in [-0.2, 0) is 4.79 Å². The molecule has 1 heterocycles. The lowest BCUT2D eigenvalue weighted by Gasteiger charge is -2.09. The van der Waals surface area contributed by atoms with Crippen molar-refractivity contribution < 1.29 is 24.2 Å². The number of benzene rings is 2. The summed E-state index contributed by atoms with van der Waals surface area (Å²) in [5.41, 5.74) is 0.324. The van der Waals surface area contributed by atoms with Crippen LogP contribution in [-0.4, -0.2) is 34.3 Å². The number of carbonyl (C=O) groups excluding carboxylic acids is 2. The zero-order chi connectivity index (χ0) is 16.6. The Morgan fingerprint density at radius 3 is 2.26 bits per heavy atom. The molecule has 0 saturated carbocycles. The second kappa shape index (κ2) is 5.85. The summed E-state index contributed by atoms with van der Waals surface area (Å²) in [5.74, 6) is -1.51. The third-order valence-corrected chi connectivity index (χ3v) is 3.81. The van der Waals surface area contributed by atoms with E-state index < -0.39 is 24.3 Å². The molecule has 2 aromatic carbocycles. The van der Waals surface area contributed by atoms with E-state index in [0.29, 0.717) is 16.4 Å². The number of carbonyl (C=O) groups is 3. The number of halogens is 1. The number of nitrogens with zero attached hydrogens (tertiary/aromatic N) is 1. The van der Waals surface area contributed by atoms with Gasteiger partial charge in [-0.1, -0.05) is 15.9 Å². The van der Waals surface area contributed by atoms with Gasteiger partial charge >= 0.3 is 5.97 Å². The largest absolute Gasteiger partial charge is 0.480 e. The molecule has 1 N–H and O–H groups in total. The van der Waals surface area contributed by atoms with E-state index >= 15 is 0 Å². The Labute approximate surface area is 139 Å². The molecule has 1 aliphatic rings. The summed E-state index contributed by atoms with van der Waals surface area (Å²) in [7, 11) is 0. The molecule has 0 saturated heterocycles. The maximum atomic E-state index is 12.2. The number of carboxylic acids is 1. The van der Waals surface area contributed by atoms with Crippen LogP contribution in [0.15, 0.2) is 46.9 Å². The van der Waals surface area contributed by atoms with Crippen molar-refractivity contribution in [3.63, 3.8) is 0 Å². The normalized spacial score (nSPS) is 13.2. The Hall–Kier alpha value is -2.67. The van der Waals surface area contributed by atoms with Crippen LogP contribution in [0.4, 0.5) is 0 Å². The van der Waals surface area contributed by atoms with Crippen LogP contribution in [0.25, 0.3) is 0 Å². The van der Waals surface area contributed by atoms with Gasteiger partial charge in [-0.15, -0.1) is 0 Å². The van der Waals surface area contributed by atoms with Gasteiger partial charge in [-0.2, -0.15) is 0 Å². The fraction of sp³-hybridized carbons (Fsp3) is 0.0625. The van der Waals surface area contributed by atoms with Gasteiger partial charge in [0.15, 0.2) is 0 Å². The average molecular weight is 376 g/mol. The van der Waals surface area contributed by atoms with Crippen LogP contribution in [0.5, 0.6) is 11.5 Å². The van der Waals surface area contributed by atoms with E-state index in [1.807, 2.05) is 12.1 Å². The number of imide groups is 1. The molecule has 0 spiro atoms. The van der Waals surface area contributed by atoms with E-state index in [4.69, 9.17) is 9.84 Å². The third kappa shape index (κ3) is 2.95. The zero-order valence-corrected chi connectivity index (χ0v) is 13.2. The van der Waals surface area contributed by atoms with Crippen molar-refractivity contribution in [1.82, 2.24) is 4.90 Å². The van der Waals surface area contributed by atoms with Crippen LogP contribution in [0.2, 0.25) is 0 Å². The first-order chi connectivity index (χ1) is 11.0. The Morgan fingerprint density at radius 2 is 1.61 bits per heavy atom. The van der Waals surface area contributed by atoms with Gasteiger partial charge in [0.2, 0.25) is 0 Å². The van der Waals surface area contributed by atoms with E-state index in [1.54, 1.807) is 18.2 Å². The number of amides is 2. The van der Waals surface area contributed by atoms with Crippen molar-refractivity contribution in [2.45, 2.75) is 0 Å². The Bertz CT molecular complexity index is 816. The maximum Gasteiger partial charge on any atom is 0.323 e. The van der Waals surface area contributed by atoms with Crippen LogP contribution >= 0.6 is 15.9 Å². The number of rotatable bonds is 4. The smallest absolute Gasteiger partial charge is 0.323 e. The predicted octanol–water partition coefficient (Wildman–Crippen LogP) is 2.92. The number of ether oxygens (including phenoxy) is 1. The highest BCUT2D eigenvalue weighted by Gasteiger charge is 2.36. The number of fused-ring (bicyclic) bond motifs is 1. The van der Waals surface area contributed by atoms with Gasteiger partial charge in [0.05, 0.1) is 11.1 Å². The van der Waals surface area contributed by atoms with Crippen molar-refractivity contribution >= 4 is 33.7 Å². The summed E-state index contributed by atoms with van der Waals surface area (Å²) in [6.07, 6.45) is 0. The number of aliphatic carboxylic acids is 1. The minimum absolute atomic E-state index is 0.144. The fourth-order valence-electron chi connectivity index (χ4n) is 2.25. The van der Waals surface area contributed by atoms with Gasteiger partial charge in [-0.3, -0.25) is 19.3 Å². The molecule has 0 aromatic heterocycles. The van der Waals surface area contributed by atoms with Crippen molar-refractivity contribution in [2.75, 3.05) is 6.54 Å². The number of carboxylic acid groups (broad SMARTS) is 1. The third-order valence-electron chi connectivity index (χ3n) is 3.28. The topological polar surface area (TPSA) is 83.9 Å². The molecule has 1 aliphatic heterocycles. The van der Waals surface area contributed by atoms with Gasteiger partial charge in [-0.05, 0) is 42.5 Å². The summed E-state index contributed by atoms with van der Waals surface area (Å²) in [4.78, 5) is 35.7. The summed E-state index contributed by atoms with van der Waals surface area (Å²) in [6.45, 7) is -0.657. The van der Waals surface area contributed by atoms with Crippen molar-refractivity contribution in [2.24, 2.45) is 0 Å². The molecule has 0 aliphatic carbocycles. The molecule has 7 heteroatoms. The standard InChI is InChI=1S/C16H10BrNO5/c17-9-1-3-10(4-2-9)23-11-5-6-12-13(7-11)16(22)18(15(12)21)8-14(19)20/h1-7H,8H2,(H,19,20). The van der Waals surface area contributed by atoms with Gasteiger partial charge < -0.3 is 9.84 Å². The van der Waals surface area contributed by atoms with E-state index in [1.165, 1.54) is 12.1 Å². The molecule has 2 amide bonds. The molecule has 0 fully saturated rings. The van der Waals surface area contributed by atoms with Crippen molar-refractivity contribution in [1.29, 1.82) is 0 Å². The Balaban J connectivity index is 1.88. The highest BCUT2D eigenvalue weighted by atomic mass is 79.9. The molecule has 3 rings (SSSR count). The average Bonchev–Trinajstić information content (AvgIpc) is 2.74. The molecule has 0 radical (unpaired) electrons. The highest BCUT2D eigenvalue weighted by molar-refractivity contribution is 9.10. The molecule has 0 unspecified atom stereocenters. The fourth-order valence-corrected chi connectivity index (χ4v) is 2.52. The Morgan fingerprint density at radius 1 is 1.00 bits per heavy atom.